The lowest BCUT2D eigenvalue weighted by atomic mass is 9.96. The number of hydrogen-bond donors (Lipinski definition) is 2. The minimum atomic E-state index is 0.120. The van der Waals surface area contributed by atoms with Gasteiger partial charge in [0.05, 0.1) is 5.92 Å². The van der Waals surface area contributed by atoms with Gasteiger partial charge in [0.15, 0.2) is 0 Å². The number of aryl methyl sites for hydroxylation is 2. The summed E-state index contributed by atoms with van der Waals surface area (Å²) in [6.45, 7) is 4.02. The quantitative estimate of drug-likeness (QED) is 0.866. The fourth-order valence-corrected chi connectivity index (χ4v) is 3.73. The first-order valence-electron chi connectivity index (χ1n) is 8.57. The average molecular weight is 301 g/mol. The van der Waals surface area contributed by atoms with Crippen LogP contribution in [0.2, 0.25) is 0 Å². The van der Waals surface area contributed by atoms with Crippen molar-refractivity contribution >= 4 is 5.91 Å². The van der Waals surface area contributed by atoms with E-state index >= 15 is 0 Å². The zero-order valence-electron chi connectivity index (χ0n) is 13.3. The Morgan fingerprint density at radius 3 is 3.00 bits per heavy atom. The second-order valence-electron chi connectivity index (χ2n) is 6.61. The molecule has 3 N–H and O–H groups in total. The molecule has 1 atom stereocenters. The van der Waals surface area contributed by atoms with E-state index in [1.807, 2.05) is 0 Å². The Bertz CT molecular complexity index is 529. The Labute approximate surface area is 133 Å². The number of nitrogens with zero attached hydrogens (tertiary/aromatic N) is 1. The smallest absolute Gasteiger partial charge is 0.224 e. The van der Waals surface area contributed by atoms with Crippen LogP contribution in [0.15, 0.2) is 18.2 Å². The van der Waals surface area contributed by atoms with Crippen molar-refractivity contribution in [1.29, 1.82) is 0 Å². The van der Waals surface area contributed by atoms with Gasteiger partial charge in [0.25, 0.3) is 0 Å². The van der Waals surface area contributed by atoms with Crippen molar-refractivity contribution in [3.05, 3.63) is 34.9 Å². The van der Waals surface area contributed by atoms with Gasteiger partial charge < -0.3 is 11.1 Å². The molecule has 120 valence electrons. The Balaban J connectivity index is 1.57. The second-order valence-corrected chi connectivity index (χ2v) is 6.61. The molecule has 1 aromatic rings. The Morgan fingerprint density at radius 2 is 2.14 bits per heavy atom. The van der Waals surface area contributed by atoms with E-state index in [1.54, 1.807) is 0 Å². The molecule has 1 unspecified atom stereocenters. The van der Waals surface area contributed by atoms with Crippen LogP contribution >= 0.6 is 0 Å². The van der Waals surface area contributed by atoms with E-state index in [9.17, 15) is 4.79 Å². The lowest BCUT2D eigenvalue weighted by Gasteiger charge is -2.32. The third-order valence-electron chi connectivity index (χ3n) is 4.89. The van der Waals surface area contributed by atoms with Crippen LogP contribution in [0.5, 0.6) is 0 Å². The van der Waals surface area contributed by atoms with Gasteiger partial charge in [-0.15, -0.1) is 0 Å². The number of amides is 1. The molecular formula is C18H27N3O. The topological polar surface area (TPSA) is 58.4 Å². The van der Waals surface area contributed by atoms with E-state index in [4.69, 9.17) is 5.73 Å². The number of nitrogens with two attached hydrogens (primary N) is 1. The van der Waals surface area contributed by atoms with Gasteiger partial charge in [-0.05, 0) is 55.3 Å². The van der Waals surface area contributed by atoms with Crippen LogP contribution in [0.1, 0.15) is 36.0 Å². The van der Waals surface area contributed by atoms with Crippen molar-refractivity contribution in [3.63, 3.8) is 0 Å². The predicted octanol–water partition coefficient (Wildman–Crippen LogP) is 1.46. The minimum absolute atomic E-state index is 0.120. The highest BCUT2D eigenvalue weighted by atomic mass is 16.1. The zero-order chi connectivity index (χ0) is 15.4. The summed E-state index contributed by atoms with van der Waals surface area (Å²) >= 11 is 0. The van der Waals surface area contributed by atoms with Crippen molar-refractivity contribution in [2.75, 3.05) is 26.2 Å². The van der Waals surface area contributed by atoms with E-state index in [1.165, 1.54) is 36.0 Å². The molecule has 3 rings (SSSR count). The highest BCUT2D eigenvalue weighted by Gasteiger charge is 2.25. The fraction of sp³-hybridized carbons (Fsp3) is 0.611. The molecule has 0 bridgehead atoms. The number of piperidine rings is 1. The number of fused-ring (bicyclic) bond motifs is 1. The summed E-state index contributed by atoms with van der Waals surface area (Å²) in [5, 5.41) is 2.93. The second kappa shape index (κ2) is 7.25. The maximum absolute atomic E-state index is 12.1. The largest absolute Gasteiger partial charge is 0.355 e. The van der Waals surface area contributed by atoms with Crippen LogP contribution in [-0.2, 0) is 24.2 Å². The van der Waals surface area contributed by atoms with Crippen molar-refractivity contribution < 1.29 is 4.79 Å². The lowest BCUT2D eigenvalue weighted by Crippen LogP contribution is -2.43. The summed E-state index contributed by atoms with van der Waals surface area (Å²) in [5.74, 6) is 0.291. The van der Waals surface area contributed by atoms with Crippen molar-refractivity contribution in [2.24, 2.45) is 11.7 Å². The molecule has 4 nitrogen and oxygen atoms in total. The molecule has 0 saturated carbocycles. The molecule has 0 aromatic heterocycles. The molecule has 1 aliphatic heterocycles. The summed E-state index contributed by atoms with van der Waals surface area (Å²) in [6.07, 6.45) is 5.87. The van der Waals surface area contributed by atoms with Gasteiger partial charge in [-0.1, -0.05) is 18.2 Å². The van der Waals surface area contributed by atoms with E-state index in [0.29, 0.717) is 13.1 Å². The van der Waals surface area contributed by atoms with Gasteiger partial charge in [-0.25, -0.2) is 0 Å². The van der Waals surface area contributed by atoms with Crippen LogP contribution in [0.3, 0.4) is 0 Å². The first-order valence-corrected chi connectivity index (χ1v) is 8.57. The minimum Gasteiger partial charge on any atom is -0.355 e. The number of carbonyl (C=O) groups excluding carboxylic acids is 1. The normalized spacial score (nSPS) is 21.6. The molecule has 1 amide bonds. The molecule has 4 heteroatoms. The number of hydrogen-bond acceptors (Lipinski definition) is 3. The first-order chi connectivity index (χ1) is 10.8. The number of likely N-dealkylation sites (tertiary alicyclic amines) is 1. The van der Waals surface area contributed by atoms with Crippen molar-refractivity contribution in [1.82, 2.24) is 10.2 Å². The standard InChI is InChI=1S/C18H27N3O/c19-8-9-20-18(22)17-5-2-10-21(13-17)12-14-6-7-15-3-1-4-16(15)11-14/h6-7,11,17H,1-5,8-10,12-13,19H2,(H,20,22). The number of rotatable bonds is 5. The number of carbonyl (C=O) groups is 1. The fourth-order valence-electron chi connectivity index (χ4n) is 3.73. The number of nitrogens with one attached hydrogen (secondary N) is 1. The molecule has 1 aliphatic carbocycles. The van der Waals surface area contributed by atoms with Crippen LogP contribution in [0.4, 0.5) is 0 Å². The van der Waals surface area contributed by atoms with Crippen LogP contribution < -0.4 is 11.1 Å². The van der Waals surface area contributed by atoms with Crippen molar-refractivity contribution in [3.8, 4) is 0 Å². The van der Waals surface area contributed by atoms with Gasteiger partial charge in [0.1, 0.15) is 0 Å². The molecule has 2 aliphatic rings. The van der Waals surface area contributed by atoms with Gasteiger partial charge >= 0.3 is 0 Å². The lowest BCUT2D eigenvalue weighted by molar-refractivity contribution is -0.126. The van der Waals surface area contributed by atoms with Crippen LogP contribution in [0, 0.1) is 5.92 Å². The molecule has 0 radical (unpaired) electrons. The molecule has 1 heterocycles. The van der Waals surface area contributed by atoms with E-state index < -0.39 is 0 Å². The average Bonchev–Trinajstić information content (AvgIpc) is 3.00. The first kappa shape index (κ1) is 15.5. The highest BCUT2D eigenvalue weighted by Crippen LogP contribution is 2.24. The predicted molar refractivity (Wildman–Crippen MR) is 88.5 cm³/mol. The summed E-state index contributed by atoms with van der Waals surface area (Å²) in [4.78, 5) is 14.5. The number of benzene rings is 1. The monoisotopic (exact) mass is 301 g/mol. The Hall–Kier alpha value is -1.39. The maximum Gasteiger partial charge on any atom is 0.224 e. The molecule has 0 spiro atoms. The molecule has 1 aromatic carbocycles. The van der Waals surface area contributed by atoms with Gasteiger partial charge in [0, 0.05) is 26.2 Å². The van der Waals surface area contributed by atoms with Crippen molar-refractivity contribution in [2.45, 2.75) is 38.6 Å². The highest BCUT2D eigenvalue weighted by molar-refractivity contribution is 5.78. The molecule has 1 fully saturated rings. The van der Waals surface area contributed by atoms with Gasteiger partial charge in [-0.2, -0.15) is 0 Å². The zero-order valence-corrected chi connectivity index (χ0v) is 13.3. The molecule has 1 saturated heterocycles. The maximum atomic E-state index is 12.1. The van der Waals surface area contributed by atoms with E-state index in [-0.39, 0.29) is 11.8 Å². The summed E-state index contributed by atoms with van der Waals surface area (Å²) in [6, 6.07) is 6.94. The van der Waals surface area contributed by atoms with Gasteiger partial charge in [-0.3, -0.25) is 9.69 Å². The van der Waals surface area contributed by atoms with E-state index in [2.05, 4.69) is 28.4 Å². The Kier molecular flexibility index (Phi) is 5.11. The molecular weight excluding hydrogens is 274 g/mol. The third kappa shape index (κ3) is 3.68. The molecule has 22 heavy (non-hydrogen) atoms. The SMILES string of the molecule is NCCNC(=O)C1CCCN(Cc2ccc3c(c2)CCC3)C1. The van der Waals surface area contributed by atoms with E-state index in [0.717, 1.165) is 32.5 Å². The summed E-state index contributed by atoms with van der Waals surface area (Å²) < 4.78 is 0. The van der Waals surface area contributed by atoms with Crippen LogP contribution in [0.25, 0.3) is 0 Å². The summed E-state index contributed by atoms with van der Waals surface area (Å²) in [7, 11) is 0. The Morgan fingerprint density at radius 1 is 1.27 bits per heavy atom. The summed E-state index contributed by atoms with van der Waals surface area (Å²) in [5.41, 5.74) is 9.91. The van der Waals surface area contributed by atoms with Gasteiger partial charge in [0.2, 0.25) is 5.91 Å². The third-order valence-corrected chi connectivity index (χ3v) is 4.89. The van der Waals surface area contributed by atoms with Crippen LogP contribution in [-0.4, -0.2) is 37.0 Å².